The third kappa shape index (κ3) is 5.97. The number of hydrogen-bond donors (Lipinski definition) is 1. The van der Waals surface area contributed by atoms with Crippen molar-refractivity contribution >= 4 is 34.7 Å². The fraction of sp³-hybridized carbons (Fsp3) is 0.421. The number of carbonyl (C=O) groups is 1. The molecule has 1 aromatic carbocycles. The zero-order chi connectivity index (χ0) is 20.8. The van der Waals surface area contributed by atoms with E-state index in [-0.39, 0.29) is 25.6 Å². The van der Waals surface area contributed by atoms with Crippen molar-refractivity contribution in [3.63, 3.8) is 0 Å². The fourth-order valence-electron chi connectivity index (χ4n) is 3.11. The molecule has 1 amide bonds. The van der Waals surface area contributed by atoms with Gasteiger partial charge in [0.15, 0.2) is 0 Å². The van der Waals surface area contributed by atoms with E-state index >= 15 is 0 Å². The van der Waals surface area contributed by atoms with Gasteiger partial charge in [0.25, 0.3) is 11.6 Å². The number of thiophene rings is 1. The molecule has 1 aromatic heterocycles. The van der Waals surface area contributed by atoms with Gasteiger partial charge in [-0.25, -0.2) is 8.78 Å². The number of carbonyl (C=O) groups excluding carboxylic acids is 1. The Morgan fingerprint density at radius 3 is 2.69 bits per heavy atom. The van der Waals surface area contributed by atoms with E-state index < -0.39 is 16.6 Å². The Kier molecular flexibility index (Phi) is 7.57. The highest BCUT2D eigenvalue weighted by Crippen LogP contribution is 2.42. The second-order valence-corrected chi connectivity index (χ2v) is 9.09. The van der Waals surface area contributed by atoms with Gasteiger partial charge in [-0.05, 0) is 51.0 Å². The van der Waals surface area contributed by atoms with Gasteiger partial charge in [-0.2, -0.15) is 0 Å². The molecule has 0 aliphatic carbocycles. The summed E-state index contributed by atoms with van der Waals surface area (Å²) in [6.07, 6.45) is 4.49. The van der Waals surface area contributed by atoms with Gasteiger partial charge >= 0.3 is 0 Å². The summed E-state index contributed by atoms with van der Waals surface area (Å²) >= 11 is 1.74. The maximum atomic E-state index is 13.9. The Labute approximate surface area is 175 Å². The summed E-state index contributed by atoms with van der Waals surface area (Å²) in [5.41, 5.74) is -0.262. The maximum Gasteiger partial charge on any atom is 0.294 e. The number of likely N-dealkylation sites (tertiary alicyclic amines) is 1. The standard InChI is InChI=1S/C19H21F2N3O3S2/c20-13-5-6-16(14(21)11-13)28-19-15(24(26)27)12-17(29-19)18(25)22-7-4-10-23-8-2-1-3-9-23/h5-6,11-12H,1-4,7-10H2,(H,22,25). The maximum absolute atomic E-state index is 13.9. The molecule has 29 heavy (non-hydrogen) atoms. The lowest BCUT2D eigenvalue weighted by Crippen LogP contribution is -2.33. The number of nitrogens with one attached hydrogen (secondary N) is 1. The summed E-state index contributed by atoms with van der Waals surface area (Å²) in [7, 11) is 0. The van der Waals surface area contributed by atoms with Crippen molar-refractivity contribution in [1.82, 2.24) is 10.2 Å². The zero-order valence-electron chi connectivity index (χ0n) is 15.7. The molecule has 0 bridgehead atoms. The third-order valence-electron chi connectivity index (χ3n) is 4.58. The predicted molar refractivity (Wildman–Crippen MR) is 109 cm³/mol. The van der Waals surface area contributed by atoms with E-state index in [0.717, 1.165) is 61.3 Å². The molecule has 156 valence electrons. The molecule has 0 radical (unpaired) electrons. The fourth-order valence-corrected chi connectivity index (χ4v) is 5.32. The minimum atomic E-state index is -0.804. The van der Waals surface area contributed by atoms with Crippen LogP contribution in [-0.4, -0.2) is 41.9 Å². The number of rotatable bonds is 8. The van der Waals surface area contributed by atoms with Crippen LogP contribution in [0.2, 0.25) is 0 Å². The van der Waals surface area contributed by atoms with Crippen LogP contribution in [0.15, 0.2) is 33.4 Å². The molecule has 2 heterocycles. The van der Waals surface area contributed by atoms with E-state index in [0.29, 0.717) is 6.54 Å². The predicted octanol–water partition coefficient (Wildman–Crippen LogP) is 4.69. The average Bonchev–Trinajstić information content (AvgIpc) is 3.12. The number of nitro groups is 1. The summed E-state index contributed by atoms with van der Waals surface area (Å²) in [6.45, 7) is 3.57. The van der Waals surface area contributed by atoms with Crippen LogP contribution in [0.1, 0.15) is 35.4 Å². The largest absolute Gasteiger partial charge is 0.351 e. The number of amides is 1. The molecule has 2 aromatic rings. The van der Waals surface area contributed by atoms with Crippen molar-refractivity contribution in [2.75, 3.05) is 26.2 Å². The second-order valence-electron chi connectivity index (χ2n) is 6.73. The monoisotopic (exact) mass is 441 g/mol. The molecular weight excluding hydrogens is 420 g/mol. The van der Waals surface area contributed by atoms with Crippen molar-refractivity contribution in [3.8, 4) is 0 Å². The number of piperidine rings is 1. The average molecular weight is 442 g/mol. The first-order chi connectivity index (χ1) is 13.9. The Morgan fingerprint density at radius 1 is 1.24 bits per heavy atom. The van der Waals surface area contributed by atoms with Gasteiger partial charge < -0.3 is 10.2 Å². The Balaban J connectivity index is 1.61. The first-order valence-electron chi connectivity index (χ1n) is 9.35. The third-order valence-corrected chi connectivity index (χ3v) is 6.95. The van der Waals surface area contributed by atoms with Gasteiger partial charge in [0.2, 0.25) is 0 Å². The Hall–Kier alpha value is -2.04. The number of nitrogens with zero attached hydrogens (tertiary/aromatic N) is 2. The van der Waals surface area contributed by atoms with E-state index in [1.165, 1.54) is 31.4 Å². The molecule has 10 heteroatoms. The van der Waals surface area contributed by atoms with Crippen LogP contribution in [0, 0.1) is 21.7 Å². The summed E-state index contributed by atoms with van der Waals surface area (Å²) in [5, 5.41) is 14.1. The highest BCUT2D eigenvalue weighted by Gasteiger charge is 2.24. The minimum absolute atomic E-state index is 0.0600. The summed E-state index contributed by atoms with van der Waals surface area (Å²) in [6, 6.07) is 4.23. The van der Waals surface area contributed by atoms with Gasteiger partial charge in [-0.1, -0.05) is 18.2 Å². The van der Waals surface area contributed by atoms with Crippen LogP contribution in [0.4, 0.5) is 14.5 Å². The van der Waals surface area contributed by atoms with Gasteiger partial charge in [-0.15, -0.1) is 11.3 Å². The number of benzene rings is 1. The number of halogens is 2. The smallest absolute Gasteiger partial charge is 0.294 e. The van der Waals surface area contributed by atoms with E-state index in [4.69, 9.17) is 0 Å². The topological polar surface area (TPSA) is 75.5 Å². The second kappa shape index (κ2) is 10.1. The molecule has 0 spiro atoms. The van der Waals surface area contributed by atoms with Crippen molar-refractivity contribution < 1.29 is 18.5 Å². The summed E-state index contributed by atoms with van der Waals surface area (Å²) in [4.78, 5) is 25.7. The molecule has 3 rings (SSSR count). The lowest BCUT2D eigenvalue weighted by Gasteiger charge is -2.26. The van der Waals surface area contributed by atoms with Crippen LogP contribution < -0.4 is 5.32 Å². The normalized spacial score (nSPS) is 14.7. The molecule has 1 N–H and O–H groups in total. The van der Waals surface area contributed by atoms with E-state index in [2.05, 4.69) is 10.2 Å². The van der Waals surface area contributed by atoms with Crippen molar-refractivity contribution in [2.24, 2.45) is 0 Å². The van der Waals surface area contributed by atoms with E-state index in [9.17, 15) is 23.7 Å². The highest BCUT2D eigenvalue weighted by molar-refractivity contribution is 8.01. The highest BCUT2D eigenvalue weighted by atomic mass is 32.2. The van der Waals surface area contributed by atoms with Crippen LogP contribution in [0.25, 0.3) is 0 Å². The summed E-state index contributed by atoms with van der Waals surface area (Å²) < 4.78 is 27.1. The molecule has 1 aliphatic heterocycles. The molecule has 0 unspecified atom stereocenters. The number of hydrogen-bond acceptors (Lipinski definition) is 6. The molecular formula is C19H21F2N3O3S2. The molecule has 0 saturated carbocycles. The van der Waals surface area contributed by atoms with Gasteiger partial charge in [-0.3, -0.25) is 14.9 Å². The van der Waals surface area contributed by atoms with Crippen LogP contribution in [-0.2, 0) is 0 Å². The minimum Gasteiger partial charge on any atom is -0.351 e. The molecule has 1 saturated heterocycles. The lowest BCUT2D eigenvalue weighted by molar-refractivity contribution is -0.387. The first-order valence-corrected chi connectivity index (χ1v) is 11.0. The van der Waals surface area contributed by atoms with Crippen molar-refractivity contribution in [2.45, 2.75) is 34.8 Å². The van der Waals surface area contributed by atoms with Gasteiger partial charge in [0, 0.05) is 23.6 Å². The Bertz CT molecular complexity index is 886. The molecule has 0 atom stereocenters. The van der Waals surface area contributed by atoms with Gasteiger partial charge in [0.1, 0.15) is 20.7 Å². The first kappa shape index (κ1) is 21.7. The Morgan fingerprint density at radius 2 is 2.00 bits per heavy atom. The SMILES string of the molecule is O=C(NCCCN1CCCCC1)c1cc([N+](=O)[O-])c(Sc2ccc(F)cc2F)s1. The van der Waals surface area contributed by atoms with Crippen LogP contribution in [0.5, 0.6) is 0 Å². The summed E-state index contributed by atoms with van der Waals surface area (Å²) in [5.74, 6) is -1.92. The quantitative estimate of drug-likeness (QED) is 0.365. The molecule has 1 fully saturated rings. The van der Waals surface area contributed by atoms with Crippen LogP contribution >= 0.6 is 23.1 Å². The van der Waals surface area contributed by atoms with Crippen molar-refractivity contribution in [3.05, 3.63) is 50.9 Å². The van der Waals surface area contributed by atoms with Gasteiger partial charge in [0.05, 0.1) is 4.92 Å². The molecule has 6 nitrogen and oxygen atoms in total. The van der Waals surface area contributed by atoms with E-state index in [1.807, 2.05) is 0 Å². The van der Waals surface area contributed by atoms with Crippen molar-refractivity contribution in [1.29, 1.82) is 0 Å². The molecule has 1 aliphatic rings. The zero-order valence-corrected chi connectivity index (χ0v) is 17.3. The van der Waals surface area contributed by atoms with E-state index in [1.54, 1.807) is 0 Å². The van der Waals surface area contributed by atoms with Crippen LogP contribution in [0.3, 0.4) is 0 Å². The lowest BCUT2D eigenvalue weighted by atomic mass is 10.1.